The van der Waals surface area contributed by atoms with Gasteiger partial charge in [-0.05, 0) is 42.8 Å². The Kier molecular flexibility index (Phi) is 9.52. The van der Waals surface area contributed by atoms with Gasteiger partial charge in [0.15, 0.2) is 0 Å². The number of hydrogen-bond donors (Lipinski definition) is 7. The van der Waals surface area contributed by atoms with Gasteiger partial charge in [0.1, 0.15) is 24.3 Å². The van der Waals surface area contributed by atoms with Crippen molar-refractivity contribution in [2.75, 3.05) is 31.5 Å². The van der Waals surface area contributed by atoms with Crippen LogP contribution in [0.3, 0.4) is 0 Å². The highest BCUT2D eigenvalue weighted by Gasteiger charge is 2.38. The molecule has 3 rings (SSSR count). The van der Waals surface area contributed by atoms with Crippen LogP contribution >= 0.6 is 0 Å². The lowest BCUT2D eigenvalue weighted by Gasteiger charge is -2.40. The highest BCUT2D eigenvalue weighted by molar-refractivity contribution is 6.00. The maximum atomic E-state index is 13.1. The number of benzene rings is 2. The van der Waals surface area contributed by atoms with Gasteiger partial charge in [0.25, 0.3) is 5.91 Å². The van der Waals surface area contributed by atoms with E-state index in [0.29, 0.717) is 16.8 Å². The first kappa shape index (κ1) is 29.3. The van der Waals surface area contributed by atoms with Gasteiger partial charge < -0.3 is 37.0 Å². The second-order valence-corrected chi connectivity index (χ2v) is 9.01. The average molecular weight is 551 g/mol. The number of amidine groups is 2. The second-order valence-electron chi connectivity index (χ2n) is 9.01. The van der Waals surface area contributed by atoms with Gasteiger partial charge in [-0.15, -0.1) is 0 Å². The van der Waals surface area contributed by atoms with Crippen molar-refractivity contribution >= 4 is 47.0 Å². The number of carbonyl (C=O) groups is 5. The Morgan fingerprint density at radius 2 is 1.45 bits per heavy atom. The van der Waals surface area contributed by atoms with Crippen LogP contribution in [-0.2, 0) is 19.2 Å². The summed E-state index contributed by atoms with van der Waals surface area (Å²) in [5.74, 6) is -3.64. The van der Waals surface area contributed by atoms with Crippen molar-refractivity contribution in [1.29, 1.82) is 10.8 Å². The Bertz CT molecular complexity index is 1330. The number of hydrogen-bond acceptors (Lipinski definition) is 7. The zero-order chi connectivity index (χ0) is 29.4. The third-order valence-corrected chi connectivity index (χ3v) is 6.21. The minimum atomic E-state index is -1.21. The van der Waals surface area contributed by atoms with Gasteiger partial charge in [0.05, 0.1) is 6.54 Å². The Labute approximate surface area is 229 Å². The van der Waals surface area contributed by atoms with E-state index in [1.807, 2.05) is 0 Å². The largest absolute Gasteiger partial charge is 0.480 e. The van der Waals surface area contributed by atoms with E-state index >= 15 is 0 Å². The van der Waals surface area contributed by atoms with Crippen LogP contribution in [0.4, 0.5) is 5.69 Å². The van der Waals surface area contributed by atoms with Gasteiger partial charge in [-0.2, -0.15) is 0 Å². The summed E-state index contributed by atoms with van der Waals surface area (Å²) in [7, 11) is 0. The predicted octanol–water partition coefficient (Wildman–Crippen LogP) is -0.473. The lowest BCUT2D eigenvalue weighted by atomic mass is 10.0. The first-order valence-corrected chi connectivity index (χ1v) is 12.2. The SMILES string of the molecule is N=C(N)c1ccc(NC(=O)CC[C@H]2C(=O)N(CC(=O)O)CCN2C(=O)CNC(=O)c2ccc(C(=N)N)cc2)cc1. The Morgan fingerprint density at radius 1 is 0.900 bits per heavy atom. The number of aliphatic carboxylic acids is 1. The molecule has 1 atom stereocenters. The van der Waals surface area contributed by atoms with Gasteiger partial charge >= 0.3 is 5.97 Å². The number of nitrogens with two attached hydrogens (primary N) is 2. The number of nitrogens with zero attached hydrogens (tertiary/aromatic N) is 2. The van der Waals surface area contributed by atoms with Crippen LogP contribution in [0, 0.1) is 10.8 Å². The number of carboxylic acid groups (broad SMARTS) is 1. The fourth-order valence-electron chi connectivity index (χ4n) is 4.12. The first-order chi connectivity index (χ1) is 19.0. The molecule has 1 aliphatic heterocycles. The maximum Gasteiger partial charge on any atom is 0.323 e. The van der Waals surface area contributed by atoms with Crippen LogP contribution in [-0.4, -0.2) is 88.4 Å². The number of piperazine rings is 1. The van der Waals surface area contributed by atoms with Crippen molar-refractivity contribution in [3.05, 3.63) is 65.2 Å². The van der Waals surface area contributed by atoms with E-state index in [1.54, 1.807) is 24.3 Å². The zero-order valence-electron chi connectivity index (χ0n) is 21.5. The second kappa shape index (κ2) is 13.0. The smallest absolute Gasteiger partial charge is 0.323 e. The molecule has 2 aromatic carbocycles. The number of anilines is 1. The summed E-state index contributed by atoms with van der Waals surface area (Å²) in [6.45, 7) is -0.952. The predicted molar refractivity (Wildman–Crippen MR) is 145 cm³/mol. The van der Waals surface area contributed by atoms with E-state index in [4.69, 9.17) is 27.4 Å². The van der Waals surface area contributed by atoms with Crippen LogP contribution in [0.1, 0.15) is 34.3 Å². The van der Waals surface area contributed by atoms with E-state index in [0.717, 1.165) is 4.90 Å². The summed E-state index contributed by atoms with van der Waals surface area (Å²) in [6, 6.07) is 11.1. The summed E-state index contributed by atoms with van der Waals surface area (Å²) in [5, 5.41) is 29.2. The average Bonchev–Trinajstić information content (AvgIpc) is 2.92. The molecule has 0 aliphatic carbocycles. The number of nitrogen functional groups attached to an aromatic ring is 2. The lowest BCUT2D eigenvalue weighted by molar-refractivity contribution is -0.155. The summed E-state index contributed by atoms with van der Waals surface area (Å²) in [5.41, 5.74) is 12.4. The Balaban J connectivity index is 1.64. The summed E-state index contributed by atoms with van der Waals surface area (Å²) in [6.07, 6.45) is -0.219. The van der Waals surface area contributed by atoms with Gasteiger partial charge in [0, 0.05) is 41.9 Å². The van der Waals surface area contributed by atoms with E-state index in [1.165, 1.54) is 29.2 Å². The molecule has 14 heteroatoms. The molecule has 210 valence electrons. The third-order valence-electron chi connectivity index (χ3n) is 6.21. The standard InChI is InChI=1S/C26H30N8O6/c27-23(28)15-1-3-17(4-2-15)25(39)31-13-21(36)34-12-11-33(14-22(37)38)26(40)19(34)9-10-20(35)32-18-7-5-16(6-8-18)24(29)30/h1-8,19H,9-14H2,(H3,27,28)(H3,29,30)(H,31,39)(H,32,35)(H,37,38)/t19-/m0/s1. The molecule has 1 aliphatic rings. The van der Waals surface area contributed by atoms with Gasteiger partial charge in [-0.25, -0.2) is 0 Å². The van der Waals surface area contributed by atoms with Crippen molar-refractivity contribution in [1.82, 2.24) is 15.1 Å². The van der Waals surface area contributed by atoms with E-state index in [9.17, 15) is 24.0 Å². The topological polar surface area (TPSA) is 236 Å². The van der Waals surface area contributed by atoms with E-state index < -0.39 is 48.7 Å². The van der Waals surface area contributed by atoms with Crippen LogP contribution in [0.25, 0.3) is 0 Å². The molecule has 0 unspecified atom stereocenters. The molecule has 9 N–H and O–H groups in total. The van der Waals surface area contributed by atoms with Crippen molar-refractivity contribution < 1.29 is 29.1 Å². The molecule has 1 fully saturated rings. The highest BCUT2D eigenvalue weighted by Crippen LogP contribution is 2.18. The molecule has 2 aromatic rings. The van der Waals surface area contributed by atoms with Crippen LogP contribution in [0.15, 0.2) is 48.5 Å². The summed E-state index contributed by atoms with van der Waals surface area (Å²) >= 11 is 0. The normalized spacial score (nSPS) is 14.8. The molecule has 0 aromatic heterocycles. The molecule has 1 heterocycles. The highest BCUT2D eigenvalue weighted by atomic mass is 16.4. The fourth-order valence-corrected chi connectivity index (χ4v) is 4.12. The fraction of sp³-hybridized carbons (Fsp3) is 0.269. The van der Waals surface area contributed by atoms with Crippen molar-refractivity contribution in [2.24, 2.45) is 11.5 Å². The molecule has 1 saturated heterocycles. The number of carboxylic acids is 1. The first-order valence-electron chi connectivity index (χ1n) is 12.2. The van der Waals surface area contributed by atoms with Crippen LogP contribution in [0.2, 0.25) is 0 Å². The Morgan fingerprint density at radius 3 is 2.00 bits per heavy atom. The molecule has 0 saturated carbocycles. The number of amides is 4. The minimum absolute atomic E-state index is 0.0114. The molecule has 0 spiro atoms. The van der Waals surface area contributed by atoms with Gasteiger partial charge in [-0.3, -0.25) is 34.8 Å². The van der Waals surface area contributed by atoms with Crippen molar-refractivity contribution in [3.8, 4) is 0 Å². The number of nitrogens with one attached hydrogen (secondary N) is 4. The van der Waals surface area contributed by atoms with Crippen LogP contribution in [0.5, 0.6) is 0 Å². The van der Waals surface area contributed by atoms with E-state index in [-0.39, 0.29) is 43.2 Å². The summed E-state index contributed by atoms with van der Waals surface area (Å²) in [4.78, 5) is 64.8. The number of rotatable bonds is 11. The molecule has 40 heavy (non-hydrogen) atoms. The van der Waals surface area contributed by atoms with Crippen molar-refractivity contribution in [2.45, 2.75) is 18.9 Å². The van der Waals surface area contributed by atoms with E-state index in [2.05, 4.69) is 10.6 Å². The molecular weight excluding hydrogens is 520 g/mol. The molecular formula is C26H30N8O6. The van der Waals surface area contributed by atoms with Crippen LogP contribution < -0.4 is 22.1 Å². The summed E-state index contributed by atoms with van der Waals surface area (Å²) < 4.78 is 0. The monoisotopic (exact) mass is 550 g/mol. The minimum Gasteiger partial charge on any atom is -0.480 e. The quantitative estimate of drug-likeness (QED) is 0.142. The Hall–Kier alpha value is -5.27. The van der Waals surface area contributed by atoms with Gasteiger partial charge in [0.2, 0.25) is 17.7 Å². The molecule has 4 amide bonds. The third kappa shape index (κ3) is 7.63. The number of carbonyl (C=O) groups excluding carboxylic acids is 4. The van der Waals surface area contributed by atoms with Gasteiger partial charge in [-0.1, -0.05) is 12.1 Å². The zero-order valence-corrected chi connectivity index (χ0v) is 21.5. The van der Waals surface area contributed by atoms with Crippen molar-refractivity contribution in [3.63, 3.8) is 0 Å². The molecule has 14 nitrogen and oxygen atoms in total. The maximum absolute atomic E-state index is 13.1. The lowest BCUT2D eigenvalue weighted by Crippen LogP contribution is -2.60. The molecule has 0 bridgehead atoms. The molecule has 0 radical (unpaired) electrons.